The molecule has 0 aromatic heterocycles. The highest BCUT2D eigenvalue weighted by atomic mass is 16.6. The van der Waals surface area contributed by atoms with Crippen molar-refractivity contribution in [2.75, 3.05) is 79.3 Å². The van der Waals surface area contributed by atoms with Crippen LogP contribution in [0.5, 0.6) is 17.2 Å². The van der Waals surface area contributed by atoms with Gasteiger partial charge in [0.1, 0.15) is 17.2 Å². The molecule has 13 nitrogen and oxygen atoms in total. The van der Waals surface area contributed by atoms with E-state index in [1.165, 1.54) is 0 Å². The number of carbonyl (C=O) groups is 1. The van der Waals surface area contributed by atoms with Crippen molar-refractivity contribution < 1.29 is 59.1 Å². The Morgan fingerprint density at radius 2 is 0.561 bits per heavy atom. The lowest BCUT2D eigenvalue weighted by molar-refractivity contribution is -0.302. The second kappa shape index (κ2) is 26.4. The molecule has 316 valence electrons. The third kappa shape index (κ3) is 17.2. The van der Waals surface area contributed by atoms with Gasteiger partial charge in [-0.2, -0.15) is 0 Å². The van der Waals surface area contributed by atoms with Gasteiger partial charge in [0, 0.05) is 5.97 Å². The molecule has 4 aromatic rings. The van der Waals surface area contributed by atoms with Crippen LogP contribution in [0.4, 0.5) is 0 Å². The van der Waals surface area contributed by atoms with Crippen molar-refractivity contribution in [3.63, 3.8) is 0 Å². The first kappa shape index (κ1) is 50.4. The van der Waals surface area contributed by atoms with Gasteiger partial charge < -0.3 is 65.3 Å². The van der Waals surface area contributed by atoms with Gasteiger partial charge in [-0.15, -0.1) is 0 Å². The van der Waals surface area contributed by atoms with Crippen LogP contribution in [0.1, 0.15) is 40.3 Å². The van der Waals surface area contributed by atoms with E-state index >= 15 is 0 Å². The van der Waals surface area contributed by atoms with Gasteiger partial charge in [0.15, 0.2) is 0 Å². The van der Waals surface area contributed by atoms with Crippen LogP contribution in [0.25, 0.3) is 33.4 Å². The molecule has 13 heteroatoms. The Morgan fingerprint density at radius 3 is 0.702 bits per heavy atom. The predicted octanol–water partition coefficient (Wildman–Crippen LogP) is 6.06. The van der Waals surface area contributed by atoms with Gasteiger partial charge in [-0.05, 0) is 170 Å². The normalized spacial score (nSPS) is 14.4. The SMILES string of the molecule is C1COCCOCCOCCOCCOCCO1.CC(=O)[O-].Cc1cc(O)cc(C)c1-c1cc(-c2c(C)cc(O)cc2C)cc(-c2c(C)cc(O)cc2C)c1.O.[NH4+]. The van der Waals surface area contributed by atoms with Crippen molar-refractivity contribution in [1.82, 2.24) is 6.15 Å². The number of hydrogen-bond acceptors (Lipinski definition) is 11. The van der Waals surface area contributed by atoms with Gasteiger partial charge in [-0.3, -0.25) is 0 Å². The number of ether oxygens (including phenoxy) is 6. The highest BCUT2D eigenvalue weighted by molar-refractivity contribution is 5.86. The van der Waals surface area contributed by atoms with E-state index in [0.29, 0.717) is 79.3 Å². The average Bonchev–Trinajstić information content (AvgIpc) is 3.07. The molecule has 0 radical (unpaired) electrons. The van der Waals surface area contributed by atoms with E-state index in [1.54, 1.807) is 36.4 Å². The summed E-state index contributed by atoms with van der Waals surface area (Å²) in [6.07, 6.45) is 0. The number of carbonyl (C=O) groups excluding carboxylic acids is 1. The first-order valence-electron chi connectivity index (χ1n) is 18.5. The molecule has 9 N–H and O–H groups in total. The third-order valence-electron chi connectivity index (χ3n) is 8.58. The van der Waals surface area contributed by atoms with E-state index in [0.717, 1.165) is 73.7 Å². The number of aromatic hydroxyl groups is 3. The van der Waals surface area contributed by atoms with Gasteiger partial charge in [-0.25, -0.2) is 0 Å². The van der Waals surface area contributed by atoms with Crippen molar-refractivity contribution in [3.05, 3.63) is 88.0 Å². The fourth-order valence-electron chi connectivity index (χ4n) is 6.57. The standard InChI is InChI=1S/C30H30O3.C12H24O6.C2H4O2.H3N.H2O/c1-16-7-25(31)8-17(2)28(16)22-13-23(29-18(3)9-26(32)10-19(29)4)15-24(14-22)30-20(5)11-27(33)12-21(30)6;1-2-14-5-6-16-9-10-18-12-11-17-8-7-15-4-3-13-1;1-2(3)4;;/h7-15,31-33H,1-6H3;1-12H2;1H3,(H,3,4);1H3;1H2. The molecule has 0 amide bonds. The molecule has 0 bridgehead atoms. The molecule has 1 aliphatic heterocycles. The molecule has 4 aromatic carbocycles. The Labute approximate surface area is 337 Å². The quantitative estimate of drug-likeness (QED) is 0.186. The van der Waals surface area contributed by atoms with Gasteiger partial charge in [0.25, 0.3) is 0 Å². The van der Waals surface area contributed by atoms with E-state index in [1.807, 2.05) is 41.5 Å². The number of carboxylic acids is 1. The highest BCUT2D eigenvalue weighted by Gasteiger charge is 2.17. The Kier molecular flexibility index (Phi) is 23.3. The second-order valence-corrected chi connectivity index (χ2v) is 13.3. The van der Waals surface area contributed by atoms with Gasteiger partial charge in [0.05, 0.1) is 79.3 Å². The van der Waals surface area contributed by atoms with Crippen molar-refractivity contribution in [3.8, 4) is 50.6 Å². The fourth-order valence-corrected chi connectivity index (χ4v) is 6.57. The minimum Gasteiger partial charge on any atom is -0.550 e. The molecule has 0 spiro atoms. The lowest BCUT2D eigenvalue weighted by atomic mass is 9.86. The molecule has 0 aliphatic carbocycles. The van der Waals surface area contributed by atoms with Crippen molar-refractivity contribution in [1.29, 1.82) is 0 Å². The van der Waals surface area contributed by atoms with Crippen LogP contribution in [-0.2, 0) is 33.2 Å². The van der Waals surface area contributed by atoms with Crippen LogP contribution in [0.3, 0.4) is 0 Å². The van der Waals surface area contributed by atoms with Crippen LogP contribution >= 0.6 is 0 Å². The molecule has 1 heterocycles. The molecular formula is C44H63NO12. The molecular weight excluding hydrogens is 734 g/mol. The maximum Gasteiger partial charge on any atom is 0.116 e. The van der Waals surface area contributed by atoms with Crippen LogP contribution in [0, 0.1) is 41.5 Å². The third-order valence-corrected chi connectivity index (χ3v) is 8.58. The van der Waals surface area contributed by atoms with E-state index in [2.05, 4.69) is 18.2 Å². The largest absolute Gasteiger partial charge is 0.550 e. The van der Waals surface area contributed by atoms with Crippen molar-refractivity contribution >= 4 is 5.97 Å². The van der Waals surface area contributed by atoms with E-state index < -0.39 is 5.97 Å². The number of aliphatic carboxylic acids is 1. The molecule has 0 atom stereocenters. The predicted molar refractivity (Wildman–Crippen MR) is 221 cm³/mol. The first-order valence-corrected chi connectivity index (χ1v) is 18.5. The zero-order valence-electron chi connectivity index (χ0n) is 34.8. The summed E-state index contributed by atoms with van der Waals surface area (Å²) < 4.78 is 32.0. The average molecular weight is 798 g/mol. The zero-order valence-corrected chi connectivity index (χ0v) is 34.8. The molecule has 0 unspecified atom stereocenters. The van der Waals surface area contributed by atoms with Gasteiger partial charge in [0.2, 0.25) is 0 Å². The van der Waals surface area contributed by atoms with Crippen LogP contribution in [0.15, 0.2) is 54.6 Å². The summed E-state index contributed by atoms with van der Waals surface area (Å²) in [5, 5.41) is 39.1. The van der Waals surface area contributed by atoms with E-state index in [4.69, 9.17) is 38.3 Å². The summed E-state index contributed by atoms with van der Waals surface area (Å²) in [6.45, 7) is 20.1. The number of phenolic OH excluding ortho intramolecular Hbond substituents is 3. The molecule has 5 rings (SSSR count). The Hall–Kier alpha value is -4.57. The monoisotopic (exact) mass is 797 g/mol. The lowest BCUT2D eigenvalue weighted by Crippen LogP contribution is -2.16. The number of phenols is 3. The second-order valence-electron chi connectivity index (χ2n) is 13.3. The summed E-state index contributed by atoms with van der Waals surface area (Å²) >= 11 is 0. The lowest BCUT2D eigenvalue weighted by Gasteiger charge is -2.19. The first-order chi connectivity index (χ1) is 26.3. The number of benzene rings is 4. The van der Waals surface area contributed by atoms with Crippen LogP contribution in [0.2, 0.25) is 0 Å². The smallest absolute Gasteiger partial charge is 0.116 e. The van der Waals surface area contributed by atoms with Crippen LogP contribution in [-0.4, -0.2) is 106 Å². The van der Waals surface area contributed by atoms with Crippen molar-refractivity contribution in [2.24, 2.45) is 0 Å². The molecule has 1 fully saturated rings. The molecule has 1 saturated heterocycles. The summed E-state index contributed by atoms with van der Waals surface area (Å²) in [6, 6.07) is 17.3. The minimum atomic E-state index is -1.08. The number of rotatable bonds is 3. The topological polar surface area (TPSA) is 224 Å². The summed E-state index contributed by atoms with van der Waals surface area (Å²) in [7, 11) is 0. The van der Waals surface area contributed by atoms with E-state index in [-0.39, 0.29) is 28.9 Å². The Morgan fingerprint density at radius 1 is 0.421 bits per heavy atom. The number of aryl methyl sites for hydroxylation is 6. The summed E-state index contributed by atoms with van der Waals surface area (Å²) in [5.74, 6) is -0.290. The Bertz CT molecular complexity index is 1500. The highest BCUT2D eigenvalue weighted by Crippen LogP contribution is 2.41. The summed E-state index contributed by atoms with van der Waals surface area (Å²) in [5.41, 5.74) is 12.5. The fraction of sp³-hybridized carbons (Fsp3) is 0.432. The number of hydrogen-bond donors (Lipinski definition) is 4. The van der Waals surface area contributed by atoms with Crippen molar-refractivity contribution in [2.45, 2.75) is 48.5 Å². The van der Waals surface area contributed by atoms with Crippen LogP contribution < -0.4 is 11.3 Å². The van der Waals surface area contributed by atoms with Gasteiger partial charge in [-0.1, -0.05) is 0 Å². The number of carboxylic acid groups (broad SMARTS) is 1. The molecule has 0 saturated carbocycles. The van der Waals surface area contributed by atoms with E-state index in [9.17, 15) is 15.3 Å². The Balaban J connectivity index is 0.000000575. The number of quaternary nitrogens is 1. The summed E-state index contributed by atoms with van der Waals surface area (Å²) in [4.78, 5) is 8.89. The minimum absolute atomic E-state index is 0. The van der Waals surface area contributed by atoms with Gasteiger partial charge >= 0.3 is 0 Å². The molecule has 1 aliphatic rings. The maximum atomic E-state index is 10.1. The zero-order chi connectivity index (χ0) is 40.3. The molecule has 57 heavy (non-hydrogen) atoms. The maximum absolute atomic E-state index is 10.1.